The van der Waals surface area contributed by atoms with Crippen LogP contribution < -0.4 is 5.32 Å². The van der Waals surface area contributed by atoms with Crippen molar-refractivity contribution in [3.8, 4) is 17.5 Å². The smallest absolute Gasteiger partial charge is 0.289 e. The highest BCUT2D eigenvalue weighted by atomic mass is 19.3. The molecule has 0 bridgehead atoms. The summed E-state index contributed by atoms with van der Waals surface area (Å²) in [5.74, 6) is 2.90. The molecule has 3 aromatic heterocycles. The number of pyridine rings is 1. The quantitative estimate of drug-likeness (QED) is 0.464. The molecule has 0 aliphatic carbocycles. The van der Waals surface area contributed by atoms with Gasteiger partial charge in [-0.1, -0.05) is 17.9 Å². The highest BCUT2D eigenvalue weighted by molar-refractivity contribution is 6.04. The van der Waals surface area contributed by atoms with E-state index in [-0.39, 0.29) is 17.9 Å². The van der Waals surface area contributed by atoms with E-state index in [1.165, 1.54) is 10.7 Å². The van der Waals surface area contributed by atoms with Crippen LogP contribution in [0.2, 0.25) is 0 Å². The third-order valence-corrected chi connectivity index (χ3v) is 5.59. The molecule has 0 saturated heterocycles. The van der Waals surface area contributed by atoms with E-state index < -0.39 is 11.8 Å². The summed E-state index contributed by atoms with van der Waals surface area (Å²) < 4.78 is 31.2. The lowest BCUT2D eigenvalue weighted by molar-refractivity contribution is -0.0364. The fourth-order valence-electron chi connectivity index (χ4n) is 3.79. The van der Waals surface area contributed by atoms with Crippen molar-refractivity contribution in [1.82, 2.24) is 24.5 Å². The molecule has 7 nitrogen and oxygen atoms in total. The average molecular weight is 458 g/mol. The van der Waals surface area contributed by atoms with Crippen molar-refractivity contribution >= 4 is 11.7 Å². The van der Waals surface area contributed by atoms with Gasteiger partial charge in [-0.25, -0.2) is 4.68 Å². The third kappa shape index (κ3) is 4.30. The van der Waals surface area contributed by atoms with Crippen molar-refractivity contribution < 1.29 is 13.6 Å². The van der Waals surface area contributed by atoms with E-state index in [4.69, 9.17) is 0 Å². The fourth-order valence-corrected chi connectivity index (χ4v) is 3.79. The molecule has 0 fully saturated rings. The summed E-state index contributed by atoms with van der Waals surface area (Å²) in [5.41, 5.74) is 3.25. The van der Waals surface area contributed by atoms with Crippen LogP contribution in [0.15, 0.2) is 61.2 Å². The summed E-state index contributed by atoms with van der Waals surface area (Å²) in [6, 6.07) is 10.1. The summed E-state index contributed by atoms with van der Waals surface area (Å²) in [5, 5.41) is 10.9. The van der Waals surface area contributed by atoms with Gasteiger partial charge < -0.3 is 5.32 Å². The first-order valence-electron chi connectivity index (χ1n) is 10.7. The molecule has 0 spiro atoms. The zero-order chi connectivity index (χ0) is 23.7. The molecule has 0 radical (unpaired) electrons. The van der Waals surface area contributed by atoms with E-state index in [0.717, 1.165) is 11.3 Å². The van der Waals surface area contributed by atoms with Gasteiger partial charge in [0.25, 0.3) is 11.8 Å². The maximum absolute atomic E-state index is 14.1. The van der Waals surface area contributed by atoms with Crippen LogP contribution in [0.5, 0.6) is 0 Å². The van der Waals surface area contributed by atoms with Crippen molar-refractivity contribution in [2.24, 2.45) is 0 Å². The van der Waals surface area contributed by atoms with Crippen molar-refractivity contribution in [3.05, 3.63) is 89.1 Å². The van der Waals surface area contributed by atoms with Gasteiger partial charge in [-0.05, 0) is 43.2 Å². The molecule has 0 atom stereocenters. The molecule has 4 heterocycles. The zero-order valence-corrected chi connectivity index (χ0v) is 18.3. The molecule has 34 heavy (non-hydrogen) atoms. The number of hydrogen-bond donors (Lipinski definition) is 1. The van der Waals surface area contributed by atoms with Crippen LogP contribution in [0.3, 0.4) is 0 Å². The molecule has 9 heteroatoms. The van der Waals surface area contributed by atoms with Crippen molar-refractivity contribution in [1.29, 1.82) is 0 Å². The summed E-state index contributed by atoms with van der Waals surface area (Å²) >= 11 is 0. The van der Waals surface area contributed by atoms with E-state index in [1.807, 2.05) is 25.3 Å². The molecule has 0 saturated carbocycles. The number of nitrogens with one attached hydrogen (secondary N) is 1. The van der Waals surface area contributed by atoms with E-state index in [1.54, 1.807) is 41.5 Å². The highest BCUT2D eigenvalue weighted by Gasteiger charge is 2.38. The molecule has 170 valence electrons. The van der Waals surface area contributed by atoms with Crippen LogP contribution in [0, 0.1) is 18.8 Å². The third-order valence-electron chi connectivity index (χ3n) is 5.59. The molecule has 1 N–H and O–H groups in total. The van der Waals surface area contributed by atoms with Crippen molar-refractivity contribution in [2.45, 2.75) is 32.2 Å². The van der Waals surface area contributed by atoms with Gasteiger partial charge in [-0.15, -0.1) is 0 Å². The maximum atomic E-state index is 14.1. The number of hydrogen-bond acceptors (Lipinski definition) is 4. The normalized spacial score (nSPS) is 14.1. The number of carbonyl (C=O) groups is 1. The molecular weight excluding hydrogens is 438 g/mol. The standard InChI is InChI=1S/C25H20F2N6O/c1-17-4-6-20(24(34)30-23-14-22-25(26,27)8-2-10-33(22)31-23)13-19(17)7-5-18-12-21(16-28-15-18)32-11-3-9-29-32/h3-4,6,9,11-16H,2,8,10H2,1H3,(H,30,31,34). The van der Waals surface area contributed by atoms with Gasteiger partial charge in [0.1, 0.15) is 5.69 Å². The monoisotopic (exact) mass is 458 g/mol. The number of amides is 1. The number of carbonyl (C=O) groups excluding carboxylic acids is 1. The van der Waals surface area contributed by atoms with E-state index in [0.29, 0.717) is 29.7 Å². The van der Waals surface area contributed by atoms with Crippen LogP contribution in [0.1, 0.15) is 45.6 Å². The van der Waals surface area contributed by atoms with Gasteiger partial charge >= 0.3 is 0 Å². The Morgan fingerprint density at radius 2 is 2.06 bits per heavy atom. The van der Waals surface area contributed by atoms with Gasteiger partial charge in [0, 0.05) is 54.3 Å². The lowest BCUT2D eigenvalue weighted by Crippen LogP contribution is -2.25. The number of anilines is 1. The molecule has 1 aromatic carbocycles. The first-order chi connectivity index (χ1) is 16.4. The Bertz CT molecular complexity index is 1430. The van der Waals surface area contributed by atoms with Gasteiger partial charge in [0.15, 0.2) is 5.82 Å². The number of rotatable bonds is 3. The molecular formula is C25H20F2N6O. The van der Waals surface area contributed by atoms with Crippen LogP contribution in [-0.4, -0.2) is 30.5 Å². The summed E-state index contributed by atoms with van der Waals surface area (Å²) in [6.45, 7) is 2.30. The molecule has 1 aliphatic heterocycles. The zero-order valence-electron chi connectivity index (χ0n) is 18.3. The number of halogens is 2. The molecule has 4 aromatic rings. The number of fused-ring (bicyclic) bond motifs is 1. The fraction of sp³-hybridized carbons (Fsp3) is 0.200. The summed E-state index contributed by atoms with van der Waals surface area (Å²) in [4.78, 5) is 17.0. The molecule has 0 unspecified atom stereocenters. The highest BCUT2D eigenvalue weighted by Crippen LogP contribution is 2.37. The number of benzene rings is 1. The first-order valence-corrected chi connectivity index (χ1v) is 10.7. The van der Waals surface area contributed by atoms with E-state index in [9.17, 15) is 13.6 Å². The Kier molecular flexibility index (Phi) is 5.42. The Balaban J connectivity index is 1.37. The minimum Gasteiger partial charge on any atom is -0.305 e. The number of nitrogens with zero attached hydrogens (tertiary/aromatic N) is 5. The van der Waals surface area contributed by atoms with Crippen LogP contribution in [-0.2, 0) is 12.5 Å². The van der Waals surface area contributed by atoms with Crippen LogP contribution in [0.4, 0.5) is 14.6 Å². The summed E-state index contributed by atoms with van der Waals surface area (Å²) in [6.07, 6.45) is 6.98. The topological polar surface area (TPSA) is 77.6 Å². The predicted molar refractivity (Wildman–Crippen MR) is 122 cm³/mol. The Morgan fingerprint density at radius 3 is 2.85 bits per heavy atom. The Hall–Kier alpha value is -4.32. The SMILES string of the molecule is Cc1ccc(C(=O)Nc2cc3n(n2)CCCC3(F)F)cc1C#Cc1cncc(-n2cccn2)c1. The van der Waals surface area contributed by atoms with Gasteiger partial charge in [-0.2, -0.15) is 19.0 Å². The van der Waals surface area contributed by atoms with Crippen molar-refractivity contribution in [2.75, 3.05) is 5.32 Å². The van der Waals surface area contributed by atoms with Crippen LogP contribution >= 0.6 is 0 Å². The molecule has 1 aliphatic rings. The van der Waals surface area contributed by atoms with Gasteiger partial charge in [-0.3, -0.25) is 14.5 Å². The maximum Gasteiger partial charge on any atom is 0.289 e. The number of aryl methyl sites for hydroxylation is 2. The van der Waals surface area contributed by atoms with E-state index in [2.05, 4.69) is 32.3 Å². The second-order valence-electron chi connectivity index (χ2n) is 8.06. The van der Waals surface area contributed by atoms with Gasteiger partial charge in [0.05, 0.1) is 11.9 Å². The molecule has 5 rings (SSSR count). The lowest BCUT2D eigenvalue weighted by atomic mass is 10.0. The minimum absolute atomic E-state index is 0.108. The summed E-state index contributed by atoms with van der Waals surface area (Å²) in [7, 11) is 0. The Morgan fingerprint density at radius 1 is 1.18 bits per heavy atom. The number of alkyl halides is 2. The van der Waals surface area contributed by atoms with Crippen molar-refractivity contribution in [3.63, 3.8) is 0 Å². The van der Waals surface area contributed by atoms with E-state index >= 15 is 0 Å². The average Bonchev–Trinajstić information content (AvgIpc) is 3.49. The van der Waals surface area contributed by atoms with Crippen LogP contribution in [0.25, 0.3) is 5.69 Å². The second kappa shape index (κ2) is 8.56. The largest absolute Gasteiger partial charge is 0.305 e. The molecule has 1 amide bonds. The predicted octanol–water partition coefficient (Wildman–Crippen LogP) is 4.31. The minimum atomic E-state index is -2.94. The Labute approximate surface area is 194 Å². The lowest BCUT2D eigenvalue weighted by Gasteiger charge is -2.22. The second-order valence-corrected chi connectivity index (χ2v) is 8.06. The number of aromatic nitrogens is 5. The first kappa shape index (κ1) is 21.5. The van der Waals surface area contributed by atoms with Gasteiger partial charge in [0.2, 0.25) is 0 Å².